The number of benzene rings is 6. The summed E-state index contributed by atoms with van der Waals surface area (Å²) in [7, 11) is 0. The van der Waals surface area contributed by atoms with Gasteiger partial charge in [0.15, 0.2) is 34.9 Å². The second-order valence-corrected chi connectivity index (χ2v) is 11.2. The highest BCUT2D eigenvalue weighted by atomic mass is 15.0. The van der Waals surface area contributed by atoms with Gasteiger partial charge in [-0.2, -0.15) is 0 Å². The summed E-state index contributed by atoms with van der Waals surface area (Å²) in [5, 5.41) is 0. The van der Waals surface area contributed by atoms with Gasteiger partial charge in [0.05, 0.1) is 0 Å². The third-order valence-electron chi connectivity index (χ3n) is 8.00. The molecule has 0 saturated heterocycles. The summed E-state index contributed by atoms with van der Waals surface area (Å²) in [6, 6.07) is 56.6. The predicted molar refractivity (Wildman–Crippen MR) is 191 cm³/mol. The fraction of sp³-hybridized carbons (Fsp3) is 0. The van der Waals surface area contributed by atoms with Gasteiger partial charge in [-0.25, -0.2) is 29.9 Å². The SMILES string of the molecule is c1ccc(-c2nc(-c3ccccc3)nc(-c3ccc(-c4cccc(-c5nc(-c6ccccc6)nc(-c6ccccc6)n5)c4)cc3)n2)cc1. The molecule has 8 aromatic rings. The van der Waals surface area contributed by atoms with E-state index >= 15 is 0 Å². The van der Waals surface area contributed by atoms with Gasteiger partial charge in [-0.3, -0.25) is 0 Å². The van der Waals surface area contributed by atoms with Crippen LogP contribution in [0, 0.1) is 0 Å². The van der Waals surface area contributed by atoms with E-state index in [1.165, 1.54) is 0 Å². The zero-order valence-corrected chi connectivity index (χ0v) is 25.8. The monoisotopic (exact) mass is 616 g/mol. The molecule has 0 saturated carbocycles. The van der Waals surface area contributed by atoms with E-state index in [2.05, 4.69) is 36.4 Å². The summed E-state index contributed by atoms with van der Waals surface area (Å²) in [6.45, 7) is 0. The van der Waals surface area contributed by atoms with Crippen LogP contribution in [0.5, 0.6) is 0 Å². The van der Waals surface area contributed by atoms with Crippen LogP contribution in [0.25, 0.3) is 79.5 Å². The van der Waals surface area contributed by atoms with Crippen molar-refractivity contribution in [2.24, 2.45) is 0 Å². The Labute approximate surface area is 278 Å². The molecule has 226 valence electrons. The summed E-state index contributed by atoms with van der Waals surface area (Å²) in [5.74, 6) is 3.78. The molecule has 0 N–H and O–H groups in total. The van der Waals surface area contributed by atoms with Crippen LogP contribution in [0.1, 0.15) is 0 Å². The molecule has 0 amide bonds. The molecule has 0 atom stereocenters. The Kier molecular flexibility index (Phi) is 7.79. The van der Waals surface area contributed by atoms with Crippen molar-refractivity contribution < 1.29 is 0 Å². The van der Waals surface area contributed by atoms with Crippen LogP contribution in [0.15, 0.2) is 170 Å². The second-order valence-electron chi connectivity index (χ2n) is 11.2. The Balaban J connectivity index is 1.16. The lowest BCUT2D eigenvalue weighted by atomic mass is 10.0. The molecule has 6 heteroatoms. The summed E-state index contributed by atoms with van der Waals surface area (Å²) in [6.07, 6.45) is 0. The summed E-state index contributed by atoms with van der Waals surface area (Å²) in [5.41, 5.74) is 7.68. The highest BCUT2D eigenvalue weighted by molar-refractivity contribution is 5.74. The van der Waals surface area contributed by atoms with Crippen molar-refractivity contribution in [1.82, 2.24) is 29.9 Å². The molecule has 0 aliphatic carbocycles. The van der Waals surface area contributed by atoms with Crippen molar-refractivity contribution in [2.45, 2.75) is 0 Å². The maximum atomic E-state index is 4.91. The molecule has 0 bridgehead atoms. The van der Waals surface area contributed by atoms with Crippen LogP contribution in [-0.4, -0.2) is 29.9 Å². The van der Waals surface area contributed by atoms with Crippen LogP contribution in [0.2, 0.25) is 0 Å². The van der Waals surface area contributed by atoms with Gasteiger partial charge < -0.3 is 0 Å². The lowest BCUT2D eigenvalue weighted by molar-refractivity contribution is 1.07. The van der Waals surface area contributed by atoms with Crippen molar-refractivity contribution in [3.05, 3.63) is 170 Å². The van der Waals surface area contributed by atoms with Crippen molar-refractivity contribution >= 4 is 0 Å². The van der Waals surface area contributed by atoms with Crippen LogP contribution in [0.4, 0.5) is 0 Å². The molecule has 0 aliphatic heterocycles. The molecule has 2 aromatic heterocycles. The predicted octanol–water partition coefficient (Wildman–Crippen LogP) is 9.73. The van der Waals surface area contributed by atoms with Crippen molar-refractivity contribution in [3.8, 4) is 79.5 Å². The number of rotatable bonds is 7. The Hall–Kier alpha value is -6.66. The van der Waals surface area contributed by atoms with Gasteiger partial charge in [0, 0.05) is 33.4 Å². The molecule has 0 aliphatic rings. The van der Waals surface area contributed by atoms with E-state index in [4.69, 9.17) is 29.9 Å². The van der Waals surface area contributed by atoms with Crippen LogP contribution in [0.3, 0.4) is 0 Å². The molecular formula is C42H28N6. The molecule has 6 aromatic carbocycles. The zero-order valence-electron chi connectivity index (χ0n) is 25.8. The maximum Gasteiger partial charge on any atom is 0.164 e. The van der Waals surface area contributed by atoms with Gasteiger partial charge in [0.25, 0.3) is 0 Å². The van der Waals surface area contributed by atoms with Crippen molar-refractivity contribution in [1.29, 1.82) is 0 Å². The standard InChI is InChI=1S/C42H28N6/c1-5-14-30(15-6-1)37-43-38(31-16-7-2-8-17-31)46-41(45-37)34-26-24-29(25-27-34)35-22-13-23-36(28-35)42-47-39(32-18-9-3-10-19-32)44-40(48-42)33-20-11-4-12-21-33/h1-28H. The summed E-state index contributed by atoms with van der Waals surface area (Å²) >= 11 is 0. The minimum absolute atomic E-state index is 0.619. The highest BCUT2D eigenvalue weighted by Gasteiger charge is 2.14. The van der Waals surface area contributed by atoms with E-state index in [0.29, 0.717) is 34.9 Å². The van der Waals surface area contributed by atoms with Gasteiger partial charge in [0.1, 0.15) is 0 Å². The lowest BCUT2D eigenvalue weighted by Gasteiger charge is -2.10. The van der Waals surface area contributed by atoms with Gasteiger partial charge in [-0.1, -0.05) is 164 Å². The molecule has 0 radical (unpaired) electrons. The summed E-state index contributed by atoms with van der Waals surface area (Å²) in [4.78, 5) is 29.2. The van der Waals surface area contributed by atoms with E-state index in [1.807, 2.05) is 133 Å². The van der Waals surface area contributed by atoms with Gasteiger partial charge in [-0.05, 0) is 17.2 Å². The molecule has 0 unspecified atom stereocenters. The molecular weight excluding hydrogens is 589 g/mol. The minimum Gasteiger partial charge on any atom is -0.208 e. The van der Waals surface area contributed by atoms with Crippen molar-refractivity contribution in [3.63, 3.8) is 0 Å². The summed E-state index contributed by atoms with van der Waals surface area (Å²) < 4.78 is 0. The van der Waals surface area contributed by atoms with Gasteiger partial charge in [0.2, 0.25) is 0 Å². The maximum absolute atomic E-state index is 4.91. The number of hydrogen-bond acceptors (Lipinski definition) is 6. The molecule has 0 fully saturated rings. The van der Waals surface area contributed by atoms with Gasteiger partial charge >= 0.3 is 0 Å². The van der Waals surface area contributed by atoms with Crippen molar-refractivity contribution in [2.75, 3.05) is 0 Å². The average molecular weight is 617 g/mol. The first kappa shape index (κ1) is 28.8. The van der Waals surface area contributed by atoms with Crippen LogP contribution >= 0.6 is 0 Å². The van der Waals surface area contributed by atoms with Gasteiger partial charge in [-0.15, -0.1) is 0 Å². The van der Waals surface area contributed by atoms with E-state index in [9.17, 15) is 0 Å². The third-order valence-corrected chi connectivity index (χ3v) is 8.00. The number of nitrogens with zero attached hydrogens (tertiary/aromatic N) is 6. The first-order chi connectivity index (χ1) is 23.8. The Morgan fingerprint density at radius 3 is 0.792 bits per heavy atom. The average Bonchev–Trinajstić information content (AvgIpc) is 3.19. The van der Waals surface area contributed by atoms with Crippen LogP contribution < -0.4 is 0 Å². The highest BCUT2D eigenvalue weighted by Crippen LogP contribution is 2.30. The first-order valence-corrected chi connectivity index (χ1v) is 15.7. The fourth-order valence-electron chi connectivity index (χ4n) is 5.52. The lowest BCUT2D eigenvalue weighted by Crippen LogP contribution is -2.00. The molecule has 8 rings (SSSR count). The normalized spacial score (nSPS) is 10.9. The Bertz CT molecular complexity index is 2190. The molecule has 2 heterocycles. The number of aromatic nitrogens is 6. The Morgan fingerprint density at radius 1 is 0.188 bits per heavy atom. The molecule has 6 nitrogen and oxygen atoms in total. The van der Waals surface area contributed by atoms with E-state index in [-0.39, 0.29) is 0 Å². The Morgan fingerprint density at radius 2 is 0.438 bits per heavy atom. The van der Waals surface area contributed by atoms with E-state index in [0.717, 1.165) is 44.5 Å². The first-order valence-electron chi connectivity index (χ1n) is 15.7. The van der Waals surface area contributed by atoms with Crippen LogP contribution in [-0.2, 0) is 0 Å². The van der Waals surface area contributed by atoms with E-state index < -0.39 is 0 Å². The molecule has 0 spiro atoms. The quantitative estimate of drug-likeness (QED) is 0.177. The fourth-order valence-corrected chi connectivity index (χ4v) is 5.52. The third kappa shape index (κ3) is 6.10. The minimum atomic E-state index is 0.619. The van der Waals surface area contributed by atoms with E-state index in [1.54, 1.807) is 0 Å². The zero-order chi connectivity index (χ0) is 32.1. The molecule has 48 heavy (non-hydrogen) atoms. The smallest absolute Gasteiger partial charge is 0.164 e. The number of hydrogen-bond donors (Lipinski definition) is 0. The second kappa shape index (κ2) is 13.0. The topological polar surface area (TPSA) is 77.3 Å². The largest absolute Gasteiger partial charge is 0.208 e.